The van der Waals surface area contributed by atoms with E-state index in [1.165, 1.54) is 18.3 Å². The van der Waals surface area contributed by atoms with Crippen molar-refractivity contribution in [3.05, 3.63) is 53.9 Å². The number of urea groups is 1. The van der Waals surface area contributed by atoms with Gasteiger partial charge in [0.1, 0.15) is 22.9 Å². The SMILES string of the molecule is CC(=O)O.CC(C)(C)OC(=O)COc1ccc(NC(=O)NC(=O)c2ccc(C(=N)N)nc2)cc1. The number of carboxylic acids is 1. The fourth-order valence-corrected chi connectivity index (χ4v) is 2.17. The number of carbonyl (C=O) groups is 4. The lowest BCUT2D eigenvalue weighted by atomic mass is 10.2. The predicted molar refractivity (Wildman–Crippen MR) is 123 cm³/mol. The number of amides is 3. The van der Waals surface area contributed by atoms with Crippen molar-refractivity contribution in [3.63, 3.8) is 0 Å². The zero-order chi connectivity index (χ0) is 25.9. The van der Waals surface area contributed by atoms with Crippen LogP contribution in [0.1, 0.15) is 43.7 Å². The average molecular weight is 473 g/mol. The number of nitrogens with one attached hydrogen (secondary N) is 3. The Bertz CT molecular complexity index is 1030. The minimum absolute atomic E-state index is 0.140. The number of ether oxygens (including phenoxy) is 2. The quantitative estimate of drug-likeness (QED) is 0.237. The highest BCUT2D eigenvalue weighted by Crippen LogP contribution is 2.16. The van der Waals surface area contributed by atoms with Crippen LogP contribution >= 0.6 is 0 Å². The minimum atomic E-state index is -0.833. The monoisotopic (exact) mass is 473 g/mol. The van der Waals surface area contributed by atoms with Crippen LogP contribution in [0, 0.1) is 5.41 Å². The summed E-state index contributed by atoms with van der Waals surface area (Å²) in [5.41, 5.74) is 5.49. The molecular weight excluding hydrogens is 446 g/mol. The van der Waals surface area contributed by atoms with E-state index in [0.29, 0.717) is 11.4 Å². The molecule has 2 rings (SSSR count). The standard InChI is InChI=1S/C20H23N5O5.C2H4O2/c1-20(2,3)30-16(26)11-29-14-7-5-13(6-8-14)24-19(28)25-18(27)12-4-9-15(17(21)22)23-10-12;1-2(3)4/h4-10H,11H2,1-3H3,(H3,21,22)(H2,24,25,27,28);1H3,(H,3,4). The van der Waals surface area contributed by atoms with Crippen LogP contribution < -0.4 is 21.1 Å². The number of rotatable bonds is 6. The summed E-state index contributed by atoms with van der Waals surface area (Å²) in [4.78, 5) is 48.6. The average Bonchev–Trinajstić information content (AvgIpc) is 2.71. The molecule has 0 bridgehead atoms. The predicted octanol–water partition coefficient (Wildman–Crippen LogP) is 2.14. The normalized spacial score (nSPS) is 10.1. The molecule has 0 aliphatic carbocycles. The van der Waals surface area contributed by atoms with Crippen LogP contribution in [0.25, 0.3) is 0 Å². The highest BCUT2D eigenvalue weighted by atomic mass is 16.6. The van der Waals surface area contributed by atoms with Gasteiger partial charge in [0, 0.05) is 18.8 Å². The van der Waals surface area contributed by atoms with Crippen LogP contribution in [0.15, 0.2) is 42.6 Å². The molecule has 0 unspecified atom stereocenters. The van der Waals surface area contributed by atoms with Gasteiger partial charge >= 0.3 is 12.0 Å². The number of amidine groups is 1. The van der Waals surface area contributed by atoms with Crippen LogP contribution in [0.5, 0.6) is 5.75 Å². The molecule has 0 saturated heterocycles. The maximum atomic E-state index is 12.1. The van der Waals surface area contributed by atoms with Gasteiger partial charge < -0.3 is 25.6 Å². The summed E-state index contributed by atoms with van der Waals surface area (Å²) < 4.78 is 10.5. The second kappa shape index (κ2) is 12.5. The van der Waals surface area contributed by atoms with Crippen LogP contribution in [-0.2, 0) is 14.3 Å². The largest absolute Gasteiger partial charge is 0.482 e. The van der Waals surface area contributed by atoms with E-state index in [9.17, 15) is 14.4 Å². The lowest BCUT2D eigenvalue weighted by Crippen LogP contribution is -2.34. The zero-order valence-electron chi connectivity index (χ0n) is 19.2. The summed E-state index contributed by atoms with van der Waals surface area (Å²) in [5, 5.41) is 19.3. The van der Waals surface area contributed by atoms with Gasteiger partial charge in [0.25, 0.3) is 11.9 Å². The molecule has 0 spiro atoms. The van der Waals surface area contributed by atoms with Gasteiger partial charge in [-0.05, 0) is 57.2 Å². The number of carbonyl (C=O) groups excluding carboxylic acids is 3. The highest BCUT2D eigenvalue weighted by molar-refractivity contribution is 6.08. The third-order valence-electron chi connectivity index (χ3n) is 3.42. The van der Waals surface area contributed by atoms with Gasteiger partial charge in [0.2, 0.25) is 0 Å². The molecule has 0 saturated carbocycles. The Labute approximate surface area is 196 Å². The van der Waals surface area contributed by atoms with Crippen molar-refractivity contribution < 1.29 is 33.8 Å². The summed E-state index contributed by atoms with van der Waals surface area (Å²) >= 11 is 0. The van der Waals surface area contributed by atoms with E-state index in [4.69, 9.17) is 30.5 Å². The van der Waals surface area contributed by atoms with Crippen LogP contribution in [-0.4, -0.2) is 52.0 Å². The molecule has 182 valence electrons. The number of hydrogen-bond acceptors (Lipinski definition) is 8. The number of aliphatic carboxylic acids is 1. The first kappa shape index (κ1) is 27.6. The molecule has 1 aromatic heterocycles. The van der Waals surface area contributed by atoms with E-state index in [1.54, 1.807) is 45.0 Å². The Kier molecular flexibility index (Phi) is 10.2. The number of nitrogen functional groups attached to an aromatic ring is 1. The van der Waals surface area contributed by atoms with Crippen molar-refractivity contribution in [2.24, 2.45) is 5.73 Å². The molecule has 0 aliphatic rings. The van der Waals surface area contributed by atoms with E-state index >= 15 is 0 Å². The van der Waals surface area contributed by atoms with E-state index in [0.717, 1.165) is 6.92 Å². The molecule has 3 amide bonds. The zero-order valence-corrected chi connectivity index (χ0v) is 19.2. The summed E-state index contributed by atoms with van der Waals surface area (Å²) in [6.07, 6.45) is 1.22. The second-order valence-corrected chi connectivity index (χ2v) is 7.67. The molecule has 0 aliphatic heterocycles. The molecule has 1 heterocycles. The Morgan fingerprint density at radius 2 is 1.68 bits per heavy atom. The van der Waals surface area contributed by atoms with E-state index in [2.05, 4.69) is 15.6 Å². The third-order valence-corrected chi connectivity index (χ3v) is 3.42. The van der Waals surface area contributed by atoms with Gasteiger partial charge in [-0.2, -0.15) is 0 Å². The number of pyridine rings is 1. The number of benzene rings is 1. The fraction of sp³-hybridized carbons (Fsp3) is 0.273. The van der Waals surface area contributed by atoms with Crippen molar-refractivity contribution in [1.82, 2.24) is 10.3 Å². The minimum Gasteiger partial charge on any atom is -0.482 e. The van der Waals surface area contributed by atoms with Gasteiger partial charge in [-0.15, -0.1) is 0 Å². The van der Waals surface area contributed by atoms with Crippen molar-refractivity contribution in [3.8, 4) is 5.75 Å². The molecule has 6 N–H and O–H groups in total. The van der Waals surface area contributed by atoms with Crippen molar-refractivity contribution in [2.75, 3.05) is 11.9 Å². The lowest BCUT2D eigenvalue weighted by molar-refractivity contribution is -0.157. The Balaban J connectivity index is 0.00000133. The third kappa shape index (κ3) is 11.2. The molecule has 0 radical (unpaired) electrons. The number of nitrogens with zero attached hydrogens (tertiary/aromatic N) is 1. The van der Waals surface area contributed by atoms with Gasteiger partial charge in [-0.25, -0.2) is 9.59 Å². The number of imide groups is 1. The number of carboxylic acid groups (broad SMARTS) is 1. The van der Waals surface area contributed by atoms with Crippen molar-refractivity contribution in [2.45, 2.75) is 33.3 Å². The second-order valence-electron chi connectivity index (χ2n) is 7.67. The van der Waals surface area contributed by atoms with Crippen molar-refractivity contribution >= 4 is 35.4 Å². The maximum absolute atomic E-state index is 12.1. The van der Waals surface area contributed by atoms with E-state index in [1.807, 2.05) is 0 Å². The fourth-order valence-electron chi connectivity index (χ4n) is 2.17. The number of nitrogens with two attached hydrogens (primary N) is 1. The topological polar surface area (TPSA) is 194 Å². The molecule has 12 nitrogen and oxygen atoms in total. The van der Waals surface area contributed by atoms with Crippen LogP contribution in [0.3, 0.4) is 0 Å². The Morgan fingerprint density at radius 1 is 1.09 bits per heavy atom. The highest BCUT2D eigenvalue weighted by Gasteiger charge is 2.16. The summed E-state index contributed by atoms with van der Waals surface area (Å²) in [7, 11) is 0. The Morgan fingerprint density at radius 3 is 2.15 bits per heavy atom. The first-order valence-electron chi connectivity index (χ1n) is 9.84. The summed E-state index contributed by atoms with van der Waals surface area (Å²) in [6.45, 7) is 6.13. The summed E-state index contributed by atoms with van der Waals surface area (Å²) in [6, 6.07) is 8.31. The van der Waals surface area contributed by atoms with Gasteiger partial charge in [-0.1, -0.05) is 0 Å². The molecule has 34 heavy (non-hydrogen) atoms. The Hall–Kier alpha value is -4.48. The van der Waals surface area contributed by atoms with Crippen molar-refractivity contribution in [1.29, 1.82) is 5.41 Å². The molecule has 0 atom stereocenters. The number of hydrogen-bond donors (Lipinski definition) is 5. The molecule has 0 fully saturated rings. The molecular formula is C22H27N5O7. The summed E-state index contributed by atoms with van der Waals surface area (Å²) in [5.74, 6) is -1.79. The first-order chi connectivity index (χ1) is 15.8. The van der Waals surface area contributed by atoms with Gasteiger partial charge in [-0.3, -0.25) is 25.3 Å². The van der Waals surface area contributed by atoms with Gasteiger partial charge in [0.05, 0.1) is 5.56 Å². The molecule has 12 heteroatoms. The van der Waals surface area contributed by atoms with Gasteiger partial charge in [0.15, 0.2) is 6.61 Å². The van der Waals surface area contributed by atoms with E-state index in [-0.39, 0.29) is 23.7 Å². The number of esters is 1. The first-order valence-corrected chi connectivity index (χ1v) is 9.84. The smallest absolute Gasteiger partial charge is 0.344 e. The number of aromatic nitrogens is 1. The molecule has 1 aromatic carbocycles. The maximum Gasteiger partial charge on any atom is 0.344 e. The molecule has 2 aromatic rings. The van der Waals surface area contributed by atoms with Crippen LogP contribution in [0.4, 0.5) is 10.5 Å². The lowest BCUT2D eigenvalue weighted by Gasteiger charge is -2.19. The number of anilines is 1. The van der Waals surface area contributed by atoms with Crippen LogP contribution in [0.2, 0.25) is 0 Å². The van der Waals surface area contributed by atoms with E-state index < -0.39 is 29.5 Å².